The van der Waals surface area contributed by atoms with Crippen molar-refractivity contribution in [1.29, 1.82) is 0 Å². The fourth-order valence-corrected chi connectivity index (χ4v) is 3.93. The molecular formula is C12H18BrNO3S. The number of rotatable bonds is 5. The number of sulfonamides is 1. The Morgan fingerprint density at radius 2 is 2.00 bits per heavy atom. The van der Waals surface area contributed by atoms with Crippen LogP contribution in [0.2, 0.25) is 0 Å². The van der Waals surface area contributed by atoms with E-state index in [1.165, 1.54) is 10.4 Å². The molecule has 0 heterocycles. The highest BCUT2D eigenvalue weighted by molar-refractivity contribution is 9.10. The molecule has 102 valence electrons. The lowest BCUT2D eigenvalue weighted by Gasteiger charge is -2.20. The first kappa shape index (κ1) is 15.6. The zero-order valence-corrected chi connectivity index (χ0v) is 13.1. The van der Waals surface area contributed by atoms with Crippen LogP contribution in [0.1, 0.15) is 19.4 Å². The molecule has 0 aromatic heterocycles. The normalized spacial score (nSPS) is 12.4. The topological polar surface area (TPSA) is 57.6 Å². The number of hydrogen-bond acceptors (Lipinski definition) is 3. The molecule has 0 unspecified atom stereocenters. The van der Waals surface area contributed by atoms with Crippen LogP contribution in [-0.2, 0) is 16.6 Å². The Morgan fingerprint density at radius 3 is 2.50 bits per heavy atom. The second kappa shape index (κ2) is 6.14. The predicted molar refractivity (Wildman–Crippen MR) is 74.7 cm³/mol. The van der Waals surface area contributed by atoms with Crippen LogP contribution in [0, 0.1) is 5.92 Å². The van der Waals surface area contributed by atoms with Crippen LogP contribution in [0.25, 0.3) is 0 Å². The summed E-state index contributed by atoms with van der Waals surface area (Å²) in [6.45, 7) is 4.21. The minimum Gasteiger partial charge on any atom is -0.392 e. The van der Waals surface area contributed by atoms with Gasteiger partial charge in [-0.15, -0.1) is 0 Å². The van der Waals surface area contributed by atoms with Gasteiger partial charge >= 0.3 is 0 Å². The van der Waals surface area contributed by atoms with E-state index in [1.807, 2.05) is 13.8 Å². The molecule has 0 aliphatic rings. The van der Waals surface area contributed by atoms with E-state index < -0.39 is 10.0 Å². The van der Waals surface area contributed by atoms with Gasteiger partial charge in [0, 0.05) is 18.1 Å². The molecule has 0 aliphatic carbocycles. The lowest BCUT2D eigenvalue weighted by Crippen LogP contribution is -2.30. The van der Waals surface area contributed by atoms with Gasteiger partial charge in [-0.1, -0.05) is 19.9 Å². The van der Waals surface area contributed by atoms with Gasteiger partial charge < -0.3 is 5.11 Å². The van der Waals surface area contributed by atoms with E-state index >= 15 is 0 Å². The zero-order chi connectivity index (χ0) is 13.9. The molecule has 1 N–H and O–H groups in total. The van der Waals surface area contributed by atoms with Gasteiger partial charge in [0.15, 0.2) is 0 Å². The SMILES string of the molecule is CC(C)CN(C)S(=O)(=O)c1cc(CO)ccc1Br. The molecule has 0 saturated heterocycles. The van der Waals surface area contributed by atoms with Crippen molar-refractivity contribution in [2.45, 2.75) is 25.3 Å². The van der Waals surface area contributed by atoms with Crippen LogP contribution in [0.4, 0.5) is 0 Å². The van der Waals surface area contributed by atoms with Crippen molar-refractivity contribution in [2.24, 2.45) is 5.92 Å². The van der Waals surface area contributed by atoms with Gasteiger partial charge in [-0.25, -0.2) is 12.7 Å². The zero-order valence-electron chi connectivity index (χ0n) is 10.7. The smallest absolute Gasteiger partial charge is 0.243 e. The summed E-state index contributed by atoms with van der Waals surface area (Å²) in [6, 6.07) is 4.82. The Labute approximate surface area is 117 Å². The van der Waals surface area contributed by atoms with Gasteiger partial charge in [0.25, 0.3) is 0 Å². The van der Waals surface area contributed by atoms with Gasteiger partial charge in [0.05, 0.1) is 11.5 Å². The second-order valence-corrected chi connectivity index (χ2v) is 7.47. The Kier molecular flexibility index (Phi) is 5.33. The number of halogens is 1. The summed E-state index contributed by atoms with van der Waals surface area (Å²) in [7, 11) is -1.96. The molecule has 0 bridgehead atoms. The maximum absolute atomic E-state index is 12.4. The van der Waals surface area contributed by atoms with Crippen molar-refractivity contribution in [3.8, 4) is 0 Å². The van der Waals surface area contributed by atoms with E-state index in [9.17, 15) is 8.42 Å². The Hall–Kier alpha value is -0.430. The number of aliphatic hydroxyl groups is 1. The van der Waals surface area contributed by atoms with E-state index in [2.05, 4.69) is 15.9 Å². The molecule has 1 aromatic rings. The van der Waals surface area contributed by atoms with E-state index in [1.54, 1.807) is 19.2 Å². The fourth-order valence-electron chi connectivity index (χ4n) is 1.62. The maximum Gasteiger partial charge on any atom is 0.243 e. The first-order valence-corrected chi connectivity index (χ1v) is 7.88. The molecule has 6 heteroatoms. The van der Waals surface area contributed by atoms with Gasteiger partial charge in [-0.2, -0.15) is 0 Å². The van der Waals surface area contributed by atoms with Crippen molar-refractivity contribution in [3.05, 3.63) is 28.2 Å². The van der Waals surface area contributed by atoms with Crippen LogP contribution >= 0.6 is 15.9 Å². The molecule has 0 aliphatic heterocycles. The largest absolute Gasteiger partial charge is 0.392 e. The molecule has 0 atom stereocenters. The van der Waals surface area contributed by atoms with E-state index in [-0.39, 0.29) is 17.4 Å². The Morgan fingerprint density at radius 1 is 1.39 bits per heavy atom. The highest BCUT2D eigenvalue weighted by Gasteiger charge is 2.24. The standard InChI is InChI=1S/C12H18BrNO3S/c1-9(2)7-14(3)18(16,17)12-6-10(8-15)4-5-11(12)13/h4-6,9,15H,7-8H2,1-3H3. The predicted octanol–water partition coefficient (Wildman–Crippen LogP) is 2.22. The summed E-state index contributed by atoms with van der Waals surface area (Å²) in [5.41, 5.74) is 0.578. The summed E-state index contributed by atoms with van der Waals surface area (Å²) >= 11 is 3.24. The van der Waals surface area contributed by atoms with Crippen molar-refractivity contribution >= 4 is 26.0 Å². The van der Waals surface area contributed by atoms with Gasteiger partial charge in [-0.05, 0) is 39.5 Å². The highest BCUT2D eigenvalue weighted by Crippen LogP contribution is 2.26. The lowest BCUT2D eigenvalue weighted by molar-refractivity contribution is 0.281. The molecule has 0 radical (unpaired) electrons. The number of nitrogens with zero attached hydrogens (tertiary/aromatic N) is 1. The summed E-state index contributed by atoms with van der Waals surface area (Å²) in [4.78, 5) is 0.192. The molecular weight excluding hydrogens is 318 g/mol. The van der Waals surface area contributed by atoms with E-state index in [0.29, 0.717) is 16.6 Å². The maximum atomic E-state index is 12.4. The average molecular weight is 336 g/mol. The summed E-state index contributed by atoms with van der Waals surface area (Å²) < 4.78 is 26.6. The molecule has 0 amide bonds. The van der Waals surface area contributed by atoms with Crippen LogP contribution in [0.3, 0.4) is 0 Å². The van der Waals surface area contributed by atoms with Crippen LogP contribution < -0.4 is 0 Å². The molecule has 4 nitrogen and oxygen atoms in total. The van der Waals surface area contributed by atoms with Crippen LogP contribution in [0.15, 0.2) is 27.6 Å². The van der Waals surface area contributed by atoms with Crippen molar-refractivity contribution in [1.82, 2.24) is 4.31 Å². The van der Waals surface area contributed by atoms with E-state index in [0.717, 1.165) is 0 Å². The third-order valence-corrected chi connectivity index (χ3v) is 5.31. The molecule has 18 heavy (non-hydrogen) atoms. The summed E-state index contributed by atoms with van der Waals surface area (Å²) in [6.07, 6.45) is 0. The number of aliphatic hydroxyl groups excluding tert-OH is 1. The van der Waals surface area contributed by atoms with Gasteiger partial charge in [0.2, 0.25) is 10.0 Å². The Balaban J connectivity index is 3.19. The highest BCUT2D eigenvalue weighted by atomic mass is 79.9. The van der Waals surface area contributed by atoms with Crippen LogP contribution in [0.5, 0.6) is 0 Å². The quantitative estimate of drug-likeness (QED) is 0.897. The number of hydrogen-bond donors (Lipinski definition) is 1. The van der Waals surface area contributed by atoms with Crippen molar-refractivity contribution in [2.75, 3.05) is 13.6 Å². The van der Waals surface area contributed by atoms with Crippen molar-refractivity contribution in [3.63, 3.8) is 0 Å². The Bertz CT molecular complexity index is 514. The molecule has 0 spiro atoms. The minimum absolute atomic E-state index is 0.177. The monoisotopic (exact) mass is 335 g/mol. The lowest BCUT2D eigenvalue weighted by atomic mass is 10.2. The van der Waals surface area contributed by atoms with E-state index in [4.69, 9.17) is 5.11 Å². The first-order chi connectivity index (χ1) is 8.28. The second-order valence-electron chi connectivity index (χ2n) is 4.60. The third-order valence-electron chi connectivity index (χ3n) is 2.49. The molecule has 0 saturated carbocycles. The first-order valence-electron chi connectivity index (χ1n) is 5.64. The number of benzene rings is 1. The summed E-state index contributed by atoms with van der Waals surface area (Å²) in [5.74, 6) is 0.254. The molecule has 1 rings (SSSR count). The van der Waals surface area contributed by atoms with Crippen molar-refractivity contribution < 1.29 is 13.5 Å². The average Bonchev–Trinajstić information content (AvgIpc) is 2.28. The minimum atomic E-state index is -3.52. The molecule has 0 fully saturated rings. The van der Waals surface area contributed by atoms with Gasteiger partial charge in [-0.3, -0.25) is 0 Å². The fraction of sp³-hybridized carbons (Fsp3) is 0.500. The van der Waals surface area contributed by atoms with Crippen LogP contribution in [-0.4, -0.2) is 31.4 Å². The molecule has 1 aromatic carbocycles. The summed E-state index contributed by atoms with van der Waals surface area (Å²) in [5, 5.41) is 9.08. The third kappa shape index (κ3) is 3.54. The van der Waals surface area contributed by atoms with Gasteiger partial charge in [0.1, 0.15) is 0 Å².